The first kappa shape index (κ1) is 22.6. The van der Waals surface area contributed by atoms with Crippen molar-refractivity contribution in [3.05, 3.63) is 82.1 Å². The van der Waals surface area contributed by atoms with Crippen molar-refractivity contribution < 1.29 is 18.3 Å². The molecule has 1 heterocycles. The molecule has 3 aromatic rings. The zero-order valence-electron chi connectivity index (χ0n) is 18.5. The second-order valence-electron chi connectivity index (χ2n) is 8.26. The van der Waals surface area contributed by atoms with Gasteiger partial charge in [0.15, 0.2) is 11.6 Å². The number of halogens is 2. The SMILES string of the molecule is CC[C@H](Cn1nc(-c2ccc(F)c(F)c2)ccc1=O)NC(=O)C1(c2ccc(OC)cc2)CC1. The summed E-state index contributed by atoms with van der Waals surface area (Å²) in [5.41, 5.74) is 0.727. The smallest absolute Gasteiger partial charge is 0.266 e. The van der Waals surface area contributed by atoms with E-state index >= 15 is 0 Å². The summed E-state index contributed by atoms with van der Waals surface area (Å²) in [6, 6.07) is 13.4. The quantitative estimate of drug-likeness (QED) is 0.563. The van der Waals surface area contributed by atoms with Crippen molar-refractivity contribution in [3.63, 3.8) is 0 Å². The molecule has 1 atom stereocenters. The van der Waals surface area contributed by atoms with Gasteiger partial charge in [0.05, 0.1) is 24.8 Å². The van der Waals surface area contributed by atoms with Gasteiger partial charge in [0.1, 0.15) is 5.75 Å². The molecule has 1 saturated carbocycles. The minimum absolute atomic E-state index is 0.0793. The number of aromatic nitrogens is 2. The Morgan fingerprint density at radius 1 is 1.12 bits per heavy atom. The van der Waals surface area contributed by atoms with E-state index in [1.807, 2.05) is 31.2 Å². The average molecular weight is 453 g/mol. The Morgan fingerprint density at radius 2 is 1.85 bits per heavy atom. The Hall–Kier alpha value is -3.55. The summed E-state index contributed by atoms with van der Waals surface area (Å²) in [6.45, 7) is 2.08. The fourth-order valence-electron chi connectivity index (χ4n) is 3.88. The second kappa shape index (κ2) is 9.13. The third-order valence-corrected chi connectivity index (χ3v) is 6.13. The minimum atomic E-state index is -0.987. The van der Waals surface area contributed by atoms with Crippen molar-refractivity contribution in [2.75, 3.05) is 7.11 Å². The van der Waals surface area contributed by atoms with Crippen LogP contribution in [0.2, 0.25) is 0 Å². The number of benzene rings is 2. The van der Waals surface area contributed by atoms with Crippen molar-refractivity contribution in [2.24, 2.45) is 0 Å². The van der Waals surface area contributed by atoms with Crippen LogP contribution in [0.25, 0.3) is 11.3 Å². The first-order valence-corrected chi connectivity index (χ1v) is 10.9. The van der Waals surface area contributed by atoms with Crippen molar-refractivity contribution in [1.82, 2.24) is 15.1 Å². The summed E-state index contributed by atoms with van der Waals surface area (Å²) in [4.78, 5) is 25.6. The molecule has 0 unspecified atom stereocenters. The molecule has 1 aromatic heterocycles. The molecule has 0 radical (unpaired) electrons. The zero-order valence-corrected chi connectivity index (χ0v) is 18.5. The number of rotatable bonds is 8. The molecule has 1 fully saturated rings. The van der Waals surface area contributed by atoms with Crippen LogP contribution in [-0.4, -0.2) is 28.8 Å². The third kappa shape index (κ3) is 4.65. The normalized spacial score (nSPS) is 15.0. The lowest BCUT2D eigenvalue weighted by molar-refractivity contribution is -0.124. The molecule has 172 valence electrons. The predicted octanol–water partition coefficient (Wildman–Crippen LogP) is 3.82. The Kier molecular flexibility index (Phi) is 6.26. The van der Waals surface area contributed by atoms with Crippen molar-refractivity contribution in [2.45, 2.75) is 44.2 Å². The predicted molar refractivity (Wildman–Crippen MR) is 120 cm³/mol. The standard InChI is InChI=1S/C25H25F2N3O3/c1-3-18(28-24(32)25(12-13-25)17-5-7-19(33-2)8-6-17)15-30-23(31)11-10-22(29-30)16-4-9-20(26)21(27)14-16/h4-11,14,18H,3,12-13,15H2,1-2H3,(H,28,32)/t18-/m1/s1. The van der Waals surface area contributed by atoms with Crippen LogP contribution in [-0.2, 0) is 16.8 Å². The lowest BCUT2D eigenvalue weighted by Crippen LogP contribution is -2.44. The van der Waals surface area contributed by atoms with Gasteiger partial charge in [-0.2, -0.15) is 5.10 Å². The highest BCUT2D eigenvalue weighted by molar-refractivity contribution is 5.91. The van der Waals surface area contributed by atoms with E-state index in [-0.39, 0.29) is 24.1 Å². The molecule has 8 heteroatoms. The van der Waals surface area contributed by atoms with Crippen LogP contribution in [0.1, 0.15) is 31.7 Å². The van der Waals surface area contributed by atoms with E-state index in [1.54, 1.807) is 7.11 Å². The lowest BCUT2D eigenvalue weighted by atomic mass is 9.94. The molecular formula is C25H25F2N3O3. The molecule has 1 amide bonds. The summed E-state index contributed by atoms with van der Waals surface area (Å²) >= 11 is 0. The monoisotopic (exact) mass is 453 g/mol. The largest absolute Gasteiger partial charge is 0.497 e. The molecular weight excluding hydrogens is 428 g/mol. The number of nitrogens with one attached hydrogen (secondary N) is 1. The molecule has 1 aliphatic carbocycles. The van der Waals surface area contributed by atoms with E-state index in [2.05, 4.69) is 10.4 Å². The molecule has 1 aliphatic rings. The highest BCUT2D eigenvalue weighted by atomic mass is 19.2. The first-order valence-electron chi connectivity index (χ1n) is 10.9. The number of hydrogen-bond donors (Lipinski definition) is 1. The molecule has 4 rings (SSSR count). The summed E-state index contributed by atoms with van der Waals surface area (Å²) in [5, 5.41) is 7.38. The Bertz CT molecular complexity index is 1220. The van der Waals surface area contributed by atoms with Gasteiger partial charge in [-0.25, -0.2) is 13.5 Å². The molecule has 2 aromatic carbocycles. The minimum Gasteiger partial charge on any atom is -0.497 e. The summed E-state index contributed by atoms with van der Waals surface area (Å²) in [5.74, 6) is -1.29. The number of carbonyl (C=O) groups is 1. The number of hydrogen-bond acceptors (Lipinski definition) is 4. The van der Waals surface area contributed by atoms with Crippen molar-refractivity contribution in [3.8, 4) is 17.0 Å². The molecule has 6 nitrogen and oxygen atoms in total. The van der Waals surface area contributed by atoms with E-state index < -0.39 is 17.0 Å². The number of carbonyl (C=O) groups excluding carboxylic acids is 1. The van der Waals surface area contributed by atoms with Crippen LogP contribution in [0.5, 0.6) is 5.75 Å². The zero-order chi connectivity index (χ0) is 23.6. The highest BCUT2D eigenvalue weighted by Crippen LogP contribution is 2.48. The maximum atomic E-state index is 13.6. The van der Waals surface area contributed by atoms with Crippen LogP contribution >= 0.6 is 0 Å². The van der Waals surface area contributed by atoms with Crippen LogP contribution in [0.4, 0.5) is 8.78 Å². The number of ether oxygens (including phenoxy) is 1. The van der Waals surface area contributed by atoms with Gasteiger partial charge in [0, 0.05) is 17.7 Å². The summed E-state index contributed by atoms with van der Waals surface area (Å²) in [7, 11) is 1.60. The Balaban J connectivity index is 1.51. The fraction of sp³-hybridized carbons (Fsp3) is 0.320. The average Bonchev–Trinajstić information content (AvgIpc) is 3.64. The molecule has 0 saturated heterocycles. The number of methoxy groups -OCH3 is 1. The molecule has 33 heavy (non-hydrogen) atoms. The van der Waals surface area contributed by atoms with E-state index in [4.69, 9.17) is 4.74 Å². The van der Waals surface area contributed by atoms with E-state index in [0.717, 1.165) is 36.3 Å². The lowest BCUT2D eigenvalue weighted by Gasteiger charge is -2.22. The van der Waals surface area contributed by atoms with Crippen LogP contribution < -0.4 is 15.6 Å². The van der Waals surface area contributed by atoms with Gasteiger partial charge >= 0.3 is 0 Å². The molecule has 0 spiro atoms. The van der Waals surface area contributed by atoms with Gasteiger partial charge in [-0.1, -0.05) is 19.1 Å². The molecule has 1 N–H and O–H groups in total. The fourth-order valence-corrected chi connectivity index (χ4v) is 3.88. The van der Waals surface area contributed by atoms with Gasteiger partial charge in [-0.05, 0) is 61.2 Å². The van der Waals surface area contributed by atoms with E-state index in [9.17, 15) is 18.4 Å². The van der Waals surface area contributed by atoms with E-state index in [0.29, 0.717) is 17.7 Å². The summed E-state index contributed by atoms with van der Waals surface area (Å²) in [6.07, 6.45) is 2.10. The molecule has 0 aliphatic heterocycles. The number of amides is 1. The van der Waals surface area contributed by atoms with Gasteiger partial charge in [-0.3, -0.25) is 9.59 Å². The third-order valence-electron chi connectivity index (χ3n) is 6.13. The maximum Gasteiger partial charge on any atom is 0.266 e. The van der Waals surface area contributed by atoms with E-state index in [1.165, 1.54) is 22.9 Å². The second-order valence-corrected chi connectivity index (χ2v) is 8.26. The Morgan fingerprint density at radius 3 is 2.45 bits per heavy atom. The highest BCUT2D eigenvalue weighted by Gasteiger charge is 2.51. The maximum absolute atomic E-state index is 13.6. The summed E-state index contributed by atoms with van der Waals surface area (Å²) < 4.78 is 33.3. The van der Waals surface area contributed by atoms with Crippen LogP contribution in [0.3, 0.4) is 0 Å². The molecule has 0 bridgehead atoms. The topological polar surface area (TPSA) is 73.2 Å². The van der Waals surface area contributed by atoms with Gasteiger partial charge in [0.2, 0.25) is 5.91 Å². The first-order chi connectivity index (χ1) is 15.9. The van der Waals surface area contributed by atoms with Crippen molar-refractivity contribution in [1.29, 1.82) is 0 Å². The number of nitrogens with zero attached hydrogens (tertiary/aromatic N) is 2. The van der Waals surface area contributed by atoms with Crippen molar-refractivity contribution >= 4 is 5.91 Å². The van der Waals surface area contributed by atoms with Crippen LogP contribution in [0.15, 0.2) is 59.4 Å². The van der Waals surface area contributed by atoms with Gasteiger partial charge in [-0.15, -0.1) is 0 Å². The Labute approximate surface area is 190 Å². The van der Waals surface area contributed by atoms with Gasteiger partial charge < -0.3 is 10.1 Å². The van der Waals surface area contributed by atoms with Gasteiger partial charge in [0.25, 0.3) is 5.56 Å². The van der Waals surface area contributed by atoms with Crippen LogP contribution in [0, 0.1) is 11.6 Å².